The van der Waals surface area contributed by atoms with Crippen LogP contribution in [0.4, 0.5) is 10.5 Å². The van der Waals surface area contributed by atoms with Gasteiger partial charge < -0.3 is 20.4 Å². The molecule has 1 heterocycles. The van der Waals surface area contributed by atoms with Crippen LogP contribution < -0.4 is 10.6 Å². The number of carbonyl (C=O) groups is 2. The molecule has 6 nitrogen and oxygen atoms in total. The van der Waals surface area contributed by atoms with Gasteiger partial charge in [-0.3, -0.25) is 4.79 Å². The Bertz CT molecular complexity index is 560. The fourth-order valence-electron chi connectivity index (χ4n) is 2.75. The molecular weight excluding hydrogens is 292 g/mol. The van der Waals surface area contributed by atoms with E-state index in [1.54, 1.807) is 4.90 Å². The number of rotatable bonds is 4. The van der Waals surface area contributed by atoms with Crippen LogP contribution in [0.1, 0.15) is 24.3 Å². The number of piperazine rings is 1. The van der Waals surface area contributed by atoms with Crippen LogP contribution in [0.5, 0.6) is 0 Å². The van der Waals surface area contributed by atoms with Gasteiger partial charge in [-0.15, -0.1) is 0 Å². The molecule has 1 aromatic carbocycles. The van der Waals surface area contributed by atoms with Crippen molar-refractivity contribution < 1.29 is 9.59 Å². The van der Waals surface area contributed by atoms with Crippen molar-refractivity contribution in [2.24, 2.45) is 0 Å². The van der Waals surface area contributed by atoms with E-state index in [0.717, 1.165) is 31.9 Å². The zero-order valence-corrected chi connectivity index (χ0v) is 13.5. The first-order valence-corrected chi connectivity index (χ1v) is 8.23. The third kappa shape index (κ3) is 4.45. The summed E-state index contributed by atoms with van der Waals surface area (Å²) in [6, 6.07) is 7.60. The zero-order valence-electron chi connectivity index (χ0n) is 13.5. The Balaban J connectivity index is 1.41. The first-order chi connectivity index (χ1) is 11.1. The van der Waals surface area contributed by atoms with Gasteiger partial charge in [0.05, 0.1) is 6.54 Å². The van der Waals surface area contributed by atoms with Crippen molar-refractivity contribution in [2.45, 2.75) is 18.8 Å². The number of urea groups is 1. The summed E-state index contributed by atoms with van der Waals surface area (Å²) in [4.78, 5) is 27.9. The van der Waals surface area contributed by atoms with E-state index in [0.29, 0.717) is 5.92 Å². The van der Waals surface area contributed by atoms with Crippen LogP contribution in [0.3, 0.4) is 0 Å². The molecule has 23 heavy (non-hydrogen) atoms. The van der Waals surface area contributed by atoms with Gasteiger partial charge in [0.25, 0.3) is 0 Å². The number of amides is 3. The van der Waals surface area contributed by atoms with Gasteiger partial charge in [-0.25, -0.2) is 4.79 Å². The topological polar surface area (TPSA) is 64.7 Å². The second-order valence-corrected chi connectivity index (χ2v) is 6.39. The van der Waals surface area contributed by atoms with E-state index in [9.17, 15) is 9.59 Å². The average molecular weight is 316 g/mol. The minimum absolute atomic E-state index is 0.0302. The van der Waals surface area contributed by atoms with Gasteiger partial charge in [0.2, 0.25) is 5.91 Å². The van der Waals surface area contributed by atoms with Gasteiger partial charge in [-0.1, -0.05) is 12.1 Å². The van der Waals surface area contributed by atoms with Gasteiger partial charge in [0.1, 0.15) is 0 Å². The normalized spacial score (nSPS) is 18.6. The maximum Gasteiger partial charge on any atom is 0.319 e. The van der Waals surface area contributed by atoms with E-state index < -0.39 is 0 Å². The Labute approximate surface area is 136 Å². The maximum absolute atomic E-state index is 12.1. The van der Waals surface area contributed by atoms with Crippen molar-refractivity contribution in [1.29, 1.82) is 0 Å². The molecule has 2 aliphatic rings. The highest BCUT2D eigenvalue weighted by atomic mass is 16.2. The molecule has 1 aliphatic heterocycles. The van der Waals surface area contributed by atoms with Crippen LogP contribution in [0.15, 0.2) is 24.3 Å². The Kier molecular flexibility index (Phi) is 4.81. The van der Waals surface area contributed by atoms with Gasteiger partial charge in [0, 0.05) is 31.9 Å². The first kappa shape index (κ1) is 15.8. The van der Waals surface area contributed by atoms with Crippen LogP contribution >= 0.6 is 0 Å². The lowest BCUT2D eigenvalue weighted by Gasteiger charge is -2.32. The van der Waals surface area contributed by atoms with E-state index in [1.165, 1.54) is 18.4 Å². The fourth-order valence-corrected chi connectivity index (χ4v) is 2.75. The van der Waals surface area contributed by atoms with Crippen LogP contribution in [0.2, 0.25) is 0 Å². The van der Waals surface area contributed by atoms with E-state index in [-0.39, 0.29) is 18.5 Å². The summed E-state index contributed by atoms with van der Waals surface area (Å²) in [7, 11) is 2.04. The highest BCUT2D eigenvalue weighted by molar-refractivity contribution is 5.92. The monoisotopic (exact) mass is 316 g/mol. The van der Waals surface area contributed by atoms with Crippen molar-refractivity contribution in [3.8, 4) is 0 Å². The Morgan fingerprint density at radius 3 is 2.35 bits per heavy atom. The summed E-state index contributed by atoms with van der Waals surface area (Å²) in [5.41, 5.74) is 2.08. The third-order valence-corrected chi connectivity index (χ3v) is 4.47. The van der Waals surface area contributed by atoms with Gasteiger partial charge >= 0.3 is 6.03 Å². The summed E-state index contributed by atoms with van der Waals surface area (Å²) in [6.07, 6.45) is 2.53. The summed E-state index contributed by atoms with van der Waals surface area (Å²) >= 11 is 0. The number of likely N-dealkylation sites (N-methyl/N-ethyl adjacent to an activating group) is 1. The standard InChI is InChI=1S/C17H24N4O2/c1-20-8-10-21(11-9-20)16(22)12-18-17(23)19-15-6-4-14(5-7-15)13-2-3-13/h4-7,13H,2-3,8-12H2,1H3,(H2,18,19,23). The molecule has 0 aromatic heterocycles. The number of carbonyl (C=O) groups excluding carboxylic acids is 2. The Morgan fingerprint density at radius 2 is 1.74 bits per heavy atom. The predicted molar refractivity (Wildman–Crippen MR) is 89.5 cm³/mol. The second kappa shape index (κ2) is 7.00. The molecule has 0 radical (unpaired) electrons. The molecule has 0 spiro atoms. The molecule has 2 N–H and O–H groups in total. The lowest BCUT2D eigenvalue weighted by Crippen LogP contribution is -2.50. The fraction of sp³-hybridized carbons (Fsp3) is 0.529. The molecule has 0 bridgehead atoms. The molecule has 3 rings (SSSR count). The number of nitrogens with zero attached hydrogens (tertiary/aromatic N) is 2. The summed E-state index contributed by atoms with van der Waals surface area (Å²) in [5, 5.41) is 5.40. The van der Waals surface area contributed by atoms with Crippen molar-refractivity contribution in [2.75, 3.05) is 45.1 Å². The highest BCUT2D eigenvalue weighted by Crippen LogP contribution is 2.40. The number of nitrogens with one attached hydrogen (secondary N) is 2. The van der Waals surface area contributed by atoms with E-state index >= 15 is 0 Å². The molecule has 0 atom stereocenters. The van der Waals surface area contributed by atoms with Crippen LogP contribution in [-0.4, -0.2) is 61.5 Å². The number of hydrogen-bond acceptors (Lipinski definition) is 3. The van der Waals surface area contributed by atoms with Crippen molar-refractivity contribution in [3.05, 3.63) is 29.8 Å². The lowest BCUT2D eigenvalue weighted by atomic mass is 10.1. The molecule has 1 aromatic rings. The minimum Gasteiger partial charge on any atom is -0.339 e. The zero-order chi connectivity index (χ0) is 16.2. The molecule has 1 saturated carbocycles. The van der Waals surface area contributed by atoms with E-state index in [1.807, 2.05) is 19.2 Å². The van der Waals surface area contributed by atoms with Crippen LogP contribution in [-0.2, 0) is 4.79 Å². The van der Waals surface area contributed by atoms with E-state index in [4.69, 9.17) is 0 Å². The summed E-state index contributed by atoms with van der Waals surface area (Å²) in [6.45, 7) is 3.24. The Morgan fingerprint density at radius 1 is 1.09 bits per heavy atom. The molecule has 1 aliphatic carbocycles. The number of benzene rings is 1. The SMILES string of the molecule is CN1CCN(C(=O)CNC(=O)Nc2ccc(C3CC3)cc2)CC1. The van der Waals surface area contributed by atoms with Gasteiger partial charge in [0.15, 0.2) is 0 Å². The molecule has 3 amide bonds. The van der Waals surface area contributed by atoms with E-state index in [2.05, 4.69) is 27.7 Å². The number of hydrogen-bond donors (Lipinski definition) is 2. The van der Waals surface area contributed by atoms with Gasteiger partial charge in [-0.2, -0.15) is 0 Å². The van der Waals surface area contributed by atoms with Crippen LogP contribution in [0.25, 0.3) is 0 Å². The molecule has 1 saturated heterocycles. The van der Waals surface area contributed by atoms with Crippen molar-refractivity contribution >= 4 is 17.6 Å². The third-order valence-electron chi connectivity index (χ3n) is 4.47. The second-order valence-electron chi connectivity index (χ2n) is 6.39. The minimum atomic E-state index is -0.341. The molecular formula is C17H24N4O2. The molecule has 124 valence electrons. The smallest absolute Gasteiger partial charge is 0.319 e. The predicted octanol–water partition coefficient (Wildman–Crippen LogP) is 1.46. The molecule has 2 fully saturated rings. The quantitative estimate of drug-likeness (QED) is 0.884. The van der Waals surface area contributed by atoms with Gasteiger partial charge in [-0.05, 0) is 43.5 Å². The first-order valence-electron chi connectivity index (χ1n) is 8.23. The molecule has 0 unspecified atom stereocenters. The summed E-state index contributed by atoms with van der Waals surface area (Å²) in [5.74, 6) is 0.677. The lowest BCUT2D eigenvalue weighted by molar-refractivity contribution is -0.131. The van der Waals surface area contributed by atoms with Crippen molar-refractivity contribution in [1.82, 2.24) is 15.1 Å². The average Bonchev–Trinajstić information content (AvgIpc) is 3.39. The maximum atomic E-state index is 12.1. The highest BCUT2D eigenvalue weighted by Gasteiger charge is 2.23. The molecule has 6 heteroatoms. The largest absolute Gasteiger partial charge is 0.339 e. The Hall–Kier alpha value is -2.08. The number of anilines is 1. The van der Waals surface area contributed by atoms with Crippen molar-refractivity contribution in [3.63, 3.8) is 0 Å². The van der Waals surface area contributed by atoms with Crippen LogP contribution in [0, 0.1) is 0 Å². The summed E-state index contributed by atoms with van der Waals surface area (Å²) < 4.78 is 0.